The molecule has 0 saturated heterocycles. The first-order valence-corrected chi connectivity index (χ1v) is 10.5. The third-order valence-corrected chi connectivity index (χ3v) is 5.42. The highest BCUT2D eigenvalue weighted by Crippen LogP contribution is 2.31. The van der Waals surface area contributed by atoms with Gasteiger partial charge in [0.1, 0.15) is 0 Å². The van der Waals surface area contributed by atoms with Crippen molar-refractivity contribution in [3.05, 3.63) is 90.5 Å². The molecule has 3 aromatic rings. The van der Waals surface area contributed by atoms with E-state index in [2.05, 4.69) is 23.6 Å². The summed E-state index contributed by atoms with van der Waals surface area (Å²) in [4.78, 5) is 26.4. The van der Waals surface area contributed by atoms with Crippen molar-refractivity contribution < 1.29 is 9.59 Å². The van der Waals surface area contributed by atoms with Crippen LogP contribution in [0.5, 0.6) is 0 Å². The summed E-state index contributed by atoms with van der Waals surface area (Å²) in [5, 5.41) is 1.41. The van der Waals surface area contributed by atoms with E-state index >= 15 is 0 Å². The number of hydrogen-bond acceptors (Lipinski definition) is 3. The van der Waals surface area contributed by atoms with Gasteiger partial charge in [0.05, 0.1) is 5.75 Å². The van der Waals surface area contributed by atoms with E-state index in [9.17, 15) is 9.59 Å². The molecule has 0 aliphatic heterocycles. The largest absolute Gasteiger partial charge is 0.272 e. The van der Waals surface area contributed by atoms with Crippen LogP contribution >= 0.6 is 11.8 Å². The molecule has 4 nitrogen and oxygen atoms in total. The molecule has 1 N–H and O–H groups in total. The van der Waals surface area contributed by atoms with Crippen molar-refractivity contribution in [2.24, 2.45) is 0 Å². The second kappa shape index (κ2) is 9.94. The Kier molecular flexibility index (Phi) is 7.09. The van der Waals surface area contributed by atoms with Crippen molar-refractivity contribution in [1.82, 2.24) is 10.4 Å². The lowest BCUT2D eigenvalue weighted by atomic mass is 10.1. The highest BCUT2D eigenvalue weighted by molar-refractivity contribution is 8.00. The molecule has 0 atom stereocenters. The van der Waals surface area contributed by atoms with Gasteiger partial charge in [-0.05, 0) is 43.2 Å². The van der Waals surface area contributed by atoms with Crippen molar-refractivity contribution >= 4 is 23.6 Å². The number of benzene rings is 3. The zero-order chi connectivity index (χ0) is 20.6. The van der Waals surface area contributed by atoms with Gasteiger partial charge in [-0.15, -0.1) is 11.8 Å². The Balaban J connectivity index is 1.70. The Morgan fingerprint density at radius 3 is 2.10 bits per heavy atom. The first-order chi connectivity index (χ1) is 14.1. The van der Waals surface area contributed by atoms with E-state index < -0.39 is 0 Å². The van der Waals surface area contributed by atoms with E-state index in [1.54, 1.807) is 24.3 Å². The maximum Gasteiger partial charge on any atom is 0.269 e. The summed E-state index contributed by atoms with van der Waals surface area (Å²) >= 11 is 1.48. The van der Waals surface area contributed by atoms with E-state index in [1.807, 2.05) is 56.3 Å². The van der Waals surface area contributed by atoms with Gasteiger partial charge in [0.25, 0.3) is 11.8 Å². The van der Waals surface area contributed by atoms with Crippen LogP contribution in [0.4, 0.5) is 0 Å². The lowest BCUT2D eigenvalue weighted by Crippen LogP contribution is -2.50. The van der Waals surface area contributed by atoms with Crippen LogP contribution in [0.2, 0.25) is 0 Å². The number of rotatable bonds is 6. The average molecular weight is 405 g/mol. The molecule has 0 fully saturated rings. The van der Waals surface area contributed by atoms with Crippen molar-refractivity contribution in [1.29, 1.82) is 0 Å². The molecule has 0 aliphatic rings. The molecule has 2 amide bonds. The predicted octanol–water partition coefficient (Wildman–Crippen LogP) is 5.03. The Labute approximate surface area is 175 Å². The van der Waals surface area contributed by atoms with Gasteiger partial charge in [0.15, 0.2) is 0 Å². The minimum atomic E-state index is -0.290. The monoisotopic (exact) mass is 404 g/mol. The van der Waals surface area contributed by atoms with Gasteiger partial charge >= 0.3 is 0 Å². The van der Waals surface area contributed by atoms with Gasteiger partial charge in [0, 0.05) is 16.5 Å². The van der Waals surface area contributed by atoms with Crippen molar-refractivity contribution in [3.8, 4) is 11.1 Å². The molecule has 5 heteroatoms. The summed E-state index contributed by atoms with van der Waals surface area (Å²) in [7, 11) is 0. The first-order valence-electron chi connectivity index (χ1n) is 9.51. The fourth-order valence-electron chi connectivity index (χ4n) is 2.90. The smallest absolute Gasteiger partial charge is 0.269 e. The molecule has 0 aliphatic carbocycles. The summed E-state index contributed by atoms with van der Waals surface area (Å²) < 4.78 is 0. The third-order valence-electron chi connectivity index (χ3n) is 4.37. The number of carbonyl (C=O) groups is 2. The van der Waals surface area contributed by atoms with Crippen LogP contribution in [0.15, 0.2) is 89.8 Å². The summed E-state index contributed by atoms with van der Waals surface area (Å²) in [6.07, 6.45) is 0. The van der Waals surface area contributed by atoms with Crippen LogP contribution in [-0.2, 0) is 4.79 Å². The predicted molar refractivity (Wildman–Crippen MR) is 118 cm³/mol. The van der Waals surface area contributed by atoms with Gasteiger partial charge in [-0.25, -0.2) is 0 Å². The van der Waals surface area contributed by atoms with Crippen LogP contribution in [-0.4, -0.2) is 28.6 Å². The number of nitrogens with one attached hydrogen (secondary N) is 1. The SMILES string of the molecule is CC(C)N(NC(=O)c1ccccc1)C(=O)CSc1ccccc1-c1ccccc1. The molecule has 0 heterocycles. The molecule has 3 aromatic carbocycles. The summed E-state index contributed by atoms with van der Waals surface area (Å²) in [5.41, 5.74) is 5.47. The normalized spacial score (nSPS) is 10.6. The lowest BCUT2D eigenvalue weighted by Gasteiger charge is -2.27. The summed E-state index contributed by atoms with van der Waals surface area (Å²) in [5.74, 6) is -0.198. The van der Waals surface area contributed by atoms with Gasteiger partial charge < -0.3 is 0 Å². The van der Waals surface area contributed by atoms with Crippen molar-refractivity contribution in [2.75, 3.05) is 5.75 Å². The average Bonchev–Trinajstić information content (AvgIpc) is 2.77. The molecule has 0 saturated carbocycles. The van der Waals surface area contributed by atoms with Crippen LogP contribution in [0.3, 0.4) is 0 Å². The van der Waals surface area contributed by atoms with Gasteiger partial charge in [-0.1, -0.05) is 66.7 Å². The maximum absolute atomic E-state index is 12.9. The topological polar surface area (TPSA) is 49.4 Å². The van der Waals surface area contributed by atoms with E-state index in [0.29, 0.717) is 5.56 Å². The number of nitrogens with zero attached hydrogens (tertiary/aromatic N) is 1. The molecule has 0 unspecified atom stereocenters. The molecular weight excluding hydrogens is 380 g/mol. The molecule has 148 valence electrons. The van der Waals surface area contributed by atoms with Gasteiger partial charge in [-0.2, -0.15) is 0 Å². The maximum atomic E-state index is 12.9. The number of hydrazine groups is 1. The Morgan fingerprint density at radius 2 is 1.45 bits per heavy atom. The van der Waals surface area contributed by atoms with Crippen LogP contribution in [0.25, 0.3) is 11.1 Å². The molecular formula is C24H24N2O2S. The minimum absolute atomic E-state index is 0.142. The number of hydrogen-bond donors (Lipinski definition) is 1. The standard InChI is InChI=1S/C24H24N2O2S/c1-18(2)26(25-24(28)20-13-7-4-8-14-20)23(27)17-29-22-16-10-9-15-21(22)19-11-5-3-6-12-19/h3-16,18H,17H2,1-2H3,(H,25,28). The second-order valence-corrected chi connectivity index (χ2v) is 7.83. The molecule has 0 bridgehead atoms. The van der Waals surface area contributed by atoms with E-state index in [0.717, 1.165) is 16.0 Å². The zero-order valence-corrected chi connectivity index (χ0v) is 17.4. The van der Waals surface area contributed by atoms with Crippen LogP contribution in [0.1, 0.15) is 24.2 Å². The second-order valence-electron chi connectivity index (χ2n) is 6.82. The molecule has 0 spiro atoms. The fraction of sp³-hybridized carbons (Fsp3) is 0.167. The molecule has 0 radical (unpaired) electrons. The quantitative estimate of drug-likeness (QED) is 0.463. The Morgan fingerprint density at radius 1 is 0.862 bits per heavy atom. The fourth-order valence-corrected chi connectivity index (χ4v) is 3.83. The van der Waals surface area contributed by atoms with E-state index in [4.69, 9.17) is 0 Å². The molecule has 3 rings (SSSR count). The van der Waals surface area contributed by atoms with Gasteiger partial charge in [0.2, 0.25) is 0 Å². The highest BCUT2D eigenvalue weighted by atomic mass is 32.2. The molecule has 29 heavy (non-hydrogen) atoms. The van der Waals surface area contributed by atoms with Crippen molar-refractivity contribution in [2.45, 2.75) is 24.8 Å². The minimum Gasteiger partial charge on any atom is -0.272 e. The van der Waals surface area contributed by atoms with Gasteiger partial charge in [-0.3, -0.25) is 20.0 Å². The molecule has 0 aromatic heterocycles. The summed E-state index contributed by atoms with van der Waals surface area (Å²) in [6, 6.07) is 26.9. The Hall–Kier alpha value is -3.05. The van der Waals surface area contributed by atoms with Crippen LogP contribution in [0, 0.1) is 0 Å². The van der Waals surface area contributed by atoms with E-state index in [-0.39, 0.29) is 23.6 Å². The zero-order valence-electron chi connectivity index (χ0n) is 16.5. The number of amides is 2. The lowest BCUT2D eigenvalue weighted by molar-refractivity contribution is -0.132. The van der Waals surface area contributed by atoms with Crippen LogP contribution < -0.4 is 5.43 Å². The summed E-state index contributed by atoms with van der Waals surface area (Å²) in [6.45, 7) is 3.76. The number of thioether (sulfide) groups is 1. The third kappa shape index (κ3) is 5.48. The van der Waals surface area contributed by atoms with Crippen molar-refractivity contribution in [3.63, 3.8) is 0 Å². The number of carbonyl (C=O) groups excluding carboxylic acids is 2. The Bertz CT molecular complexity index is 959. The first kappa shape index (κ1) is 20.7. The van der Waals surface area contributed by atoms with E-state index in [1.165, 1.54) is 16.8 Å². The highest BCUT2D eigenvalue weighted by Gasteiger charge is 2.20.